The summed E-state index contributed by atoms with van der Waals surface area (Å²) in [6.45, 7) is -2.89. The van der Waals surface area contributed by atoms with E-state index in [0.717, 1.165) is 0 Å². The predicted molar refractivity (Wildman–Crippen MR) is 55.5 cm³/mol. The van der Waals surface area contributed by atoms with E-state index in [1.807, 2.05) is 0 Å². The average molecular weight is 233 g/mol. The SMILES string of the molecule is COc1cc(OC(F)F)cc(C(N)=S)c1. The van der Waals surface area contributed by atoms with Crippen LogP contribution in [0.25, 0.3) is 0 Å². The molecule has 2 N–H and O–H groups in total. The first kappa shape index (κ1) is 11.6. The second kappa shape index (κ2) is 4.88. The Kier molecular flexibility index (Phi) is 3.79. The predicted octanol–water partition coefficient (Wildman–Crippen LogP) is 1.93. The lowest BCUT2D eigenvalue weighted by Gasteiger charge is -2.09. The van der Waals surface area contributed by atoms with Gasteiger partial charge in [0.2, 0.25) is 0 Å². The van der Waals surface area contributed by atoms with E-state index in [1.165, 1.54) is 19.2 Å². The molecule has 0 fully saturated rings. The first-order chi connectivity index (χ1) is 7.02. The summed E-state index contributed by atoms with van der Waals surface area (Å²) in [6.07, 6.45) is 0. The smallest absolute Gasteiger partial charge is 0.387 e. The van der Waals surface area contributed by atoms with Gasteiger partial charge in [-0.05, 0) is 12.1 Å². The highest BCUT2D eigenvalue weighted by Gasteiger charge is 2.08. The van der Waals surface area contributed by atoms with E-state index in [9.17, 15) is 8.78 Å². The zero-order valence-electron chi connectivity index (χ0n) is 7.87. The van der Waals surface area contributed by atoms with E-state index < -0.39 is 6.61 Å². The van der Waals surface area contributed by atoms with Crippen LogP contribution < -0.4 is 15.2 Å². The third kappa shape index (κ3) is 3.32. The molecule has 0 aromatic heterocycles. The van der Waals surface area contributed by atoms with Gasteiger partial charge in [-0.1, -0.05) is 12.2 Å². The first-order valence-electron chi connectivity index (χ1n) is 3.96. The maximum absolute atomic E-state index is 12.0. The van der Waals surface area contributed by atoms with E-state index in [-0.39, 0.29) is 10.7 Å². The molecule has 0 bridgehead atoms. The molecule has 0 spiro atoms. The van der Waals surface area contributed by atoms with Crippen molar-refractivity contribution in [2.75, 3.05) is 7.11 Å². The molecule has 0 radical (unpaired) electrons. The monoisotopic (exact) mass is 233 g/mol. The van der Waals surface area contributed by atoms with Crippen LogP contribution in [0.2, 0.25) is 0 Å². The summed E-state index contributed by atoms with van der Waals surface area (Å²) in [5.74, 6) is 0.322. The maximum atomic E-state index is 12.0. The highest BCUT2D eigenvalue weighted by Crippen LogP contribution is 2.24. The minimum Gasteiger partial charge on any atom is -0.497 e. The van der Waals surface area contributed by atoms with Gasteiger partial charge in [0.05, 0.1) is 7.11 Å². The lowest BCUT2D eigenvalue weighted by Crippen LogP contribution is -2.10. The average Bonchev–Trinajstić information content (AvgIpc) is 2.16. The van der Waals surface area contributed by atoms with Gasteiger partial charge in [0.25, 0.3) is 0 Å². The molecular weight excluding hydrogens is 224 g/mol. The van der Waals surface area contributed by atoms with E-state index in [2.05, 4.69) is 4.74 Å². The molecule has 0 aliphatic carbocycles. The number of ether oxygens (including phenoxy) is 2. The normalized spacial score (nSPS) is 10.1. The lowest BCUT2D eigenvalue weighted by molar-refractivity contribution is -0.0499. The summed E-state index contributed by atoms with van der Waals surface area (Å²) < 4.78 is 33.0. The number of alkyl halides is 2. The van der Waals surface area contributed by atoms with Gasteiger partial charge in [0.1, 0.15) is 16.5 Å². The fourth-order valence-corrected chi connectivity index (χ4v) is 1.12. The molecule has 15 heavy (non-hydrogen) atoms. The number of thiocarbonyl (C=S) groups is 1. The highest BCUT2D eigenvalue weighted by molar-refractivity contribution is 7.80. The van der Waals surface area contributed by atoms with Crippen molar-refractivity contribution in [3.8, 4) is 11.5 Å². The number of hydrogen-bond donors (Lipinski definition) is 1. The van der Waals surface area contributed by atoms with Gasteiger partial charge in [-0.3, -0.25) is 0 Å². The number of hydrogen-bond acceptors (Lipinski definition) is 3. The zero-order chi connectivity index (χ0) is 11.4. The Balaban J connectivity index is 3.05. The number of nitrogens with two attached hydrogens (primary N) is 1. The molecule has 0 amide bonds. The molecule has 82 valence electrons. The quantitative estimate of drug-likeness (QED) is 0.807. The van der Waals surface area contributed by atoms with Crippen molar-refractivity contribution in [1.29, 1.82) is 0 Å². The van der Waals surface area contributed by atoms with Crippen LogP contribution in [-0.4, -0.2) is 18.7 Å². The van der Waals surface area contributed by atoms with Crippen molar-refractivity contribution >= 4 is 17.2 Å². The molecule has 0 saturated heterocycles. The van der Waals surface area contributed by atoms with Gasteiger partial charge < -0.3 is 15.2 Å². The van der Waals surface area contributed by atoms with E-state index in [1.54, 1.807) is 6.07 Å². The first-order valence-corrected chi connectivity index (χ1v) is 4.37. The van der Waals surface area contributed by atoms with Crippen molar-refractivity contribution < 1.29 is 18.3 Å². The summed E-state index contributed by atoms with van der Waals surface area (Å²) in [4.78, 5) is 0.0908. The number of rotatable bonds is 4. The Morgan fingerprint density at radius 3 is 2.40 bits per heavy atom. The van der Waals surface area contributed by atoms with Crippen LogP contribution in [0.4, 0.5) is 8.78 Å². The van der Waals surface area contributed by atoms with E-state index in [0.29, 0.717) is 11.3 Å². The maximum Gasteiger partial charge on any atom is 0.387 e. The second-order valence-corrected chi connectivity index (χ2v) is 3.08. The van der Waals surface area contributed by atoms with Crippen molar-refractivity contribution in [3.63, 3.8) is 0 Å². The number of methoxy groups -OCH3 is 1. The van der Waals surface area contributed by atoms with Crippen molar-refractivity contribution in [3.05, 3.63) is 23.8 Å². The minimum atomic E-state index is -2.89. The molecule has 0 unspecified atom stereocenters. The van der Waals surface area contributed by atoms with E-state index >= 15 is 0 Å². The van der Waals surface area contributed by atoms with Gasteiger partial charge in [-0.2, -0.15) is 8.78 Å². The summed E-state index contributed by atoms with van der Waals surface area (Å²) in [6, 6.07) is 4.20. The van der Waals surface area contributed by atoms with Crippen LogP contribution in [-0.2, 0) is 0 Å². The fourth-order valence-electron chi connectivity index (χ4n) is 1.00. The number of halogens is 2. The molecule has 6 heteroatoms. The van der Waals surface area contributed by atoms with Gasteiger partial charge in [0.15, 0.2) is 0 Å². The molecule has 0 aliphatic heterocycles. The number of benzene rings is 1. The van der Waals surface area contributed by atoms with Crippen LogP contribution >= 0.6 is 12.2 Å². The van der Waals surface area contributed by atoms with Crippen LogP contribution in [0, 0.1) is 0 Å². The van der Waals surface area contributed by atoms with Crippen LogP contribution in [0.1, 0.15) is 5.56 Å². The third-order valence-corrected chi connectivity index (χ3v) is 1.86. The van der Waals surface area contributed by atoms with Crippen molar-refractivity contribution in [2.45, 2.75) is 6.61 Å². The Labute approximate surface area is 90.8 Å². The van der Waals surface area contributed by atoms with Crippen molar-refractivity contribution in [1.82, 2.24) is 0 Å². The highest BCUT2D eigenvalue weighted by atomic mass is 32.1. The molecular formula is C9H9F2NO2S. The minimum absolute atomic E-state index is 0.0350. The molecule has 0 saturated carbocycles. The Bertz CT molecular complexity index is 371. The van der Waals surface area contributed by atoms with Gasteiger partial charge in [-0.25, -0.2) is 0 Å². The molecule has 0 heterocycles. The van der Waals surface area contributed by atoms with Crippen LogP contribution in [0.3, 0.4) is 0 Å². The molecule has 0 atom stereocenters. The van der Waals surface area contributed by atoms with Crippen LogP contribution in [0.15, 0.2) is 18.2 Å². The zero-order valence-corrected chi connectivity index (χ0v) is 8.68. The van der Waals surface area contributed by atoms with Gasteiger partial charge in [-0.15, -0.1) is 0 Å². The molecule has 1 aromatic carbocycles. The molecule has 1 aromatic rings. The summed E-state index contributed by atoms with van der Waals surface area (Å²) in [7, 11) is 1.41. The Morgan fingerprint density at radius 2 is 1.93 bits per heavy atom. The second-order valence-electron chi connectivity index (χ2n) is 2.64. The molecule has 1 rings (SSSR count). The summed E-state index contributed by atoms with van der Waals surface area (Å²) in [5, 5.41) is 0. The van der Waals surface area contributed by atoms with Crippen LogP contribution in [0.5, 0.6) is 11.5 Å². The molecule has 3 nitrogen and oxygen atoms in total. The standard InChI is InChI=1S/C9H9F2NO2S/c1-13-6-2-5(8(12)15)3-7(4-6)14-9(10)11/h2-4,9H,1H3,(H2,12,15). The Hall–Kier alpha value is -1.43. The Morgan fingerprint density at radius 1 is 1.33 bits per heavy atom. The van der Waals surface area contributed by atoms with Gasteiger partial charge in [0, 0.05) is 11.6 Å². The summed E-state index contributed by atoms with van der Waals surface area (Å²) in [5.41, 5.74) is 5.79. The van der Waals surface area contributed by atoms with E-state index in [4.69, 9.17) is 22.7 Å². The topological polar surface area (TPSA) is 44.5 Å². The lowest BCUT2D eigenvalue weighted by atomic mass is 10.2. The molecule has 0 aliphatic rings. The largest absolute Gasteiger partial charge is 0.497 e. The third-order valence-electron chi connectivity index (χ3n) is 1.63. The van der Waals surface area contributed by atoms with Crippen molar-refractivity contribution in [2.24, 2.45) is 5.73 Å². The fraction of sp³-hybridized carbons (Fsp3) is 0.222. The van der Waals surface area contributed by atoms with Gasteiger partial charge >= 0.3 is 6.61 Å². The summed E-state index contributed by atoms with van der Waals surface area (Å²) >= 11 is 4.72.